The monoisotopic (exact) mass is 298 g/mol. The van der Waals surface area contributed by atoms with Gasteiger partial charge in [-0.05, 0) is 38.8 Å². The first-order chi connectivity index (χ1) is 9.75. The van der Waals surface area contributed by atoms with E-state index in [4.69, 9.17) is 0 Å². The van der Waals surface area contributed by atoms with Gasteiger partial charge in [0.05, 0.1) is 5.41 Å². The third-order valence-electron chi connectivity index (χ3n) is 4.56. The fourth-order valence-electron chi connectivity index (χ4n) is 3.59. The van der Waals surface area contributed by atoms with E-state index >= 15 is 0 Å². The van der Waals surface area contributed by atoms with Crippen LogP contribution in [0.25, 0.3) is 0 Å². The molecule has 0 aromatic carbocycles. The smallest absolute Gasteiger partial charge is 0.310 e. The Morgan fingerprint density at radius 1 is 1.33 bits per heavy atom. The molecule has 0 saturated heterocycles. The number of carbonyl (C=O) groups is 1. The normalized spacial score (nSPS) is 26.8. The fourth-order valence-corrected chi connectivity index (χ4v) is 3.59. The Bertz CT molecular complexity index is 331. The molecule has 0 heterocycles. The molecule has 0 spiro atoms. The highest BCUT2D eigenvalue weighted by Gasteiger charge is 2.43. The van der Waals surface area contributed by atoms with Crippen LogP contribution in [-0.4, -0.2) is 61.2 Å². The highest BCUT2D eigenvalue weighted by atomic mass is 16.4. The molecular formula is C17H34N2O2. The molecule has 21 heavy (non-hydrogen) atoms. The van der Waals surface area contributed by atoms with E-state index in [0.717, 1.165) is 38.9 Å². The van der Waals surface area contributed by atoms with Crippen molar-refractivity contribution in [1.82, 2.24) is 9.80 Å². The molecule has 4 nitrogen and oxygen atoms in total. The maximum atomic E-state index is 11.9. The van der Waals surface area contributed by atoms with Crippen molar-refractivity contribution >= 4 is 5.97 Å². The first kappa shape index (κ1) is 18.4. The molecule has 0 aromatic rings. The van der Waals surface area contributed by atoms with Crippen molar-refractivity contribution in [3.63, 3.8) is 0 Å². The lowest BCUT2D eigenvalue weighted by atomic mass is 9.69. The topological polar surface area (TPSA) is 43.8 Å². The maximum Gasteiger partial charge on any atom is 0.310 e. The van der Waals surface area contributed by atoms with Crippen molar-refractivity contribution < 1.29 is 9.90 Å². The van der Waals surface area contributed by atoms with Gasteiger partial charge in [-0.15, -0.1) is 0 Å². The summed E-state index contributed by atoms with van der Waals surface area (Å²) in [5.74, 6) is 0.510. The molecular weight excluding hydrogens is 264 g/mol. The van der Waals surface area contributed by atoms with Crippen molar-refractivity contribution in [1.29, 1.82) is 0 Å². The molecule has 2 unspecified atom stereocenters. The molecule has 1 N–H and O–H groups in total. The van der Waals surface area contributed by atoms with Gasteiger partial charge in [0.15, 0.2) is 0 Å². The standard InChI is InChI=1S/C17H34N2O2/c1-14(2)12-19(10-9-18(4)5)13-17(16(20)21)8-6-7-15(3)11-17/h14-15H,6-13H2,1-5H3,(H,20,21). The predicted molar refractivity (Wildman–Crippen MR) is 87.5 cm³/mol. The fraction of sp³-hybridized carbons (Fsp3) is 0.941. The molecule has 1 fully saturated rings. The number of aliphatic carboxylic acids is 1. The summed E-state index contributed by atoms with van der Waals surface area (Å²) in [6.45, 7) is 10.2. The number of rotatable bonds is 8. The zero-order chi connectivity index (χ0) is 16.0. The van der Waals surface area contributed by atoms with E-state index in [0.29, 0.717) is 18.4 Å². The van der Waals surface area contributed by atoms with Crippen LogP contribution in [0.4, 0.5) is 0 Å². The van der Waals surface area contributed by atoms with Crippen LogP contribution >= 0.6 is 0 Å². The molecule has 0 aromatic heterocycles. The third kappa shape index (κ3) is 5.95. The number of likely N-dealkylation sites (N-methyl/N-ethyl adjacent to an activating group) is 1. The molecule has 2 atom stereocenters. The summed E-state index contributed by atoms with van der Waals surface area (Å²) >= 11 is 0. The zero-order valence-electron chi connectivity index (χ0n) is 14.6. The minimum absolute atomic E-state index is 0.529. The maximum absolute atomic E-state index is 11.9. The minimum Gasteiger partial charge on any atom is -0.481 e. The van der Waals surface area contributed by atoms with Crippen LogP contribution in [0.3, 0.4) is 0 Å². The summed E-state index contributed by atoms with van der Waals surface area (Å²) in [5, 5.41) is 9.83. The number of nitrogens with zero attached hydrogens (tertiary/aromatic N) is 2. The molecule has 1 aliphatic rings. The molecule has 0 radical (unpaired) electrons. The van der Waals surface area contributed by atoms with E-state index in [1.165, 1.54) is 6.42 Å². The van der Waals surface area contributed by atoms with Crippen LogP contribution < -0.4 is 0 Å². The van der Waals surface area contributed by atoms with Gasteiger partial charge in [-0.2, -0.15) is 0 Å². The van der Waals surface area contributed by atoms with Crippen LogP contribution in [0.5, 0.6) is 0 Å². The lowest BCUT2D eigenvalue weighted by Crippen LogP contribution is -2.48. The van der Waals surface area contributed by atoms with E-state index in [1.54, 1.807) is 0 Å². The number of hydrogen-bond acceptors (Lipinski definition) is 3. The average Bonchev–Trinajstić information content (AvgIpc) is 2.35. The van der Waals surface area contributed by atoms with Gasteiger partial charge in [0.25, 0.3) is 0 Å². The number of hydrogen-bond donors (Lipinski definition) is 1. The third-order valence-corrected chi connectivity index (χ3v) is 4.56. The van der Waals surface area contributed by atoms with Gasteiger partial charge < -0.3 is 14.9 Å². The molecule has 0 aliphatic heterocycles. The van der Waals surface area contributed by atoms with Crippen LogP contribution in [0, 0.1) is 17.3 Å². The quantitative estimate of drug-likeness (QED) is 0.748. The van der Waals surface area contributed by atoms with Crippen LogP contribution in [-0.2, 0) is 4.79 Å². The first-order valence-electron chi connectivity index (χ1n) is 8.35. The Morgan fingerprint density at radius 3 is 2.48 bits per heavy atom. The Balaban J connectivity index is 2.77. The minimum atomic E-state index is -0.590. The van der Waals surface area contributed by atoms with Gasteiger partial charge in [0, 0.05) is 26.2 Å². The highest BCUT2D eigenvalue weighted by Crippen LogP contribution is 2.40. The Labute approximate surface area is 130 Å². The van der Waals surface area contributed by atoms with Gasteiger partial charge in [-0.1, -0.05) is 33.6 Å². The molecule has 124 valence electrons. The van der Waals surface area contributed by atoms with Gasteiger partial charge >= 0.3 is 5.97 Å². The summed E-state index contributed by atoms with van der Waals surface area (Å²) in [5.41, 5.74) is -0.529. The largest absolute Gasteiger partial charge is 0.481 e. The predicted octanol–water partition coefficient (Wildman–Crippen LogP) is 2.79. The van der Waals surface area contributed by atoms with E-state index in [9.17, 15) is 9.90 Å². The van der Waals surface area contributed by atoms with E-state index in [2.05, 4.69) is 44.7 Å². The van der Waals surface area contributed by atoms with Crippen molar-refractivity contribution in [2.24, 2.45) is 17.3 Å². The Kier molecular flexibility index (Phi) is 7.14. The second-order valence-electron chi connectivity index (χ2n) is 7.72. The number of carboxylic acid groups (broad SMARTS) is 1. The van der Waals surface area contributed by atoms with Crippen LogP contribution in [0.1, 0.15) is 46.5 Å². The molecule has 1 rings (SSSR count). The van der Waals surface area contributed by atoms with Crippen LogP contribution in [0.15, 0.2) is 0 Å². The zero-order valence-corrected chi connectivity index (χ0v) is 14.6. The van der Waals surface area contributed by atoms with E-state index < -0.39 is 11.4 Å². The van der Waals surface area contributed by atoms with E-state index in [-0.39, 0.29) is 0 Å². The molecule has 0 amide bonds. The van der Waals surface area contributed by atoms with Gasteiger partial charge in [0.1, 0.15) is 0 Å². The summed E-state index contributed by atoms with van der Waals surface area (Å²) in [7, 11) is 4.15. The van der Waals surface area contributed by atoms with Gasteiger partial charge in [-0.3, -0.25) is 4.79 Å². The Hall–Kier alpha value is -0.610. The summed E-state index contributed by atoms with van der Waals surface area (Å²) in [4.78, 5) is 16.5. The SMILES string of the molecule is CC(C)CN(CCN(C)C)CC1(C(=O)O)CCCC(C)C1. The Morgan fingerprint density at radius 2 is 2.00 bits per heavy atom. The molecule has 0 bridgehead atoms. The van der Waals surface area contributed by atoms with Gasteiger partial charge in [0.2, 0.25) is 0 Å². The number of carboxylic acids is 1. The summed E-state index contributed by atoms with van der Waals surface area (Å²) in [6, 6.07) is 0. The average molecular weight is 298 g/mol. The van der Waals surface area contributed by atoms with Crippen molar-refractivity contribution in [3.05, 3.63) is 0 Å². The molecule has 1 aliphatic carbocycles. The highest BCUT2D eigenvalue weighted by molar-refractivity contribution is 5.75. The second-order valence-corrected chi connectivity index (χ2v) is 7.72. The molecule has 1 saturated carbocycles. The summed E-state index contributed by atoms with van der Waals surface area (Å²) < 4.78 is 0. The molecule has 4 heteroatoms. The van der Waals surface area contributed by atoms with Gasteiger partial charge in [-0.25, -0.2) is 0 Å². The summed E-state index contributed by atoms with van der Waals surface area (Å²) in [6.07, 6.45) is 3.90. The second kappa shape index (κ2) is 8.14. The van der Waals surface area contributed by atoms with Crippen molar-refractivity contribution in [2.45, 2.75) is 46.5 Å². The lowest BCUT2D eigenvalue weighted by molar-refractivity contribution is -0.153. The van der Waals surface area contributed by atoms with Crippen molar-refractivity contribution in [3.8, 4) is 0 Å². The van der Waals surface area contributed by atoms with Crippen molar-refractivity contribution in [2.75, 3.05) is 40.3 Å². The first-order valence-corrected chi connectivity index (χ1v) is 8.35. The van der Waals surface area contributed by atoms with Crippen LogP contribution in [0.2, 0.25) is 0 Å². The van der Waals surface area contributed by atoms with E-state index in [1.807, 2.05) is 0 Å². The lowest BCUT2D eigenvalue weighted by Gasteiger charge is -2.40.